The van der Waals surface area contributed by atoms with Gasteiger partial charge in [-0.25, -0.2) is 13.2 Å². The third kappa shape index (κ3) is 11.5. The van der Waals surface area contributed by atoms with Gasteiger partial charge in [0.2, 0.25) is 33.6 Å². The first-order chi connectivity index (χ1) is 27.3. The van der Waals surface area contributed by atoms with Crippen molar-refractivity contribution in [2.24, 2.45) is 29.4 Å². The van der Waals surface area contributed by atoms with Crippen molar-refractivity contribution in [2.45, 2.75) is 121 Å². The summed E-state index contributed by atoms with van der Waals surface area (Å²) < 4.78 is 44.5. The van der Waals surface area contributed by atoms with E-state index in [0.717, 1.165) is 36.5 Å². The Bertz CT molecular complexity index is 1960. The number of nitrogens with two attached hydrogens (primary N) is 1. The lowest BCUT2D eigenvalue weighted by Gasteiger charge is -2.32. The molecular formula is C42H62N6O9S. The number of ether oxygens (including phenoxy) is 3. The summed E-state index contributed by atoms with van der Waals surface area (Å²) in [5.74, 6) is -0.494. The second-order valence-corrected chi connectivity index (χ2v) is 19.5. The van der Waals surface area contributed by atoms with Gasteiger partial charge < -0.3 is 35.1 Å². The fourth-order valence-electron chi connectivity index (χ4n) is 8.01. The number of pyridine rings is 1. The number of primary amides is 1. The normalized spacial score (nSPS) is 22.7. The number of alkyl carbamates (subject to hydrolysis) is 1. The zero-order valence-corrected chi connectivity index (χ0v) is 36.0. The lowest BCUT2D eigenvalue weighted by molar-refractivity contribution is -0.140. The molecule has 1 saturated heterocycles. The van der Waals surface area contributed by atoms with Gasteiger partial charge in [0.25, 0.3) is 0 Å². The number of rotatable bonds is 17. The van der Waals surface area contributed by atoms with Crippen LogP contribution in [0.5, 0.6) is 11.6 Å². The van der Waals surface area contributed by atoms with Crippen LogP contribution in [0.4, 0.5) is 10.6 Å². The zero-order valence-electron chi connectivity index (χ0n) is 35.2. The van der Waals surface area contributed by atoms with Crippen molar-refractivity contribution in [1.82, 2.24) is 19.9 Å². The van der Waals surface area contributed by atoms with Gasteiger partial charge in [0.05, 0.1) is 18.9 Å². The SMILES string of the molecule is COc1ccc2c(O[C@@H]3C[C@@H](C(N)=O)N(C(=O)[C@@H](NC(=O)OC(C)(C)C)[C@H](C)C[C@@H](C)CC/C=C\[C@@H]4CCCC4C(=O)NS(=O)(=O)C4CC4)C3)nc(N(C)C)cc2c1. The van der Waals surface area contributed by atoms with E-state index in [1.54, 1.807) is 27.9 Å². The molecule has 1 unspecified atom stereocenters. The molecular weight excluding hydrogens is 765 g/mol. The summed E-state index contributed by atoms with van der Waals surface area (Å²) in [5, 5.41) is 3.95. The minimum atomic E-state index is -3.59. The molecule has 3 fully saturated rings. The van der Waals surface area contributed by atoms with E-state index < -0.39 is 62.9 Å². The average Bonchev–Trinajstić information content (AvgIpc) is 3.77. The number of nitrogens with zero attached hydrogens (tertiary/aromatic N) is 3. The molecule has 2 aliphatic carbocycles. The minimum Gasteiger partial charge on any atom is -0.497 e. The minimum absolute atomic E-state index is 0.0231. The first-order valence-corrected chi connectivity index (χ1v) is 21.9. The summed E-state index contributed by atoms with van der Waals surface area (Å²) >= 11 is 0. The van der Waals surface area contributed by atoms with Gasteiger partial charge >= 0.3 is 6.09 Å². The quantitative estimate of drug-likeness (QED) is 0.180. The van der Waals surface area contributed by atoms with E-state index in [0.29, 0.717) is 43.1 Å². The van der Waals surface area contributed by atoms with Crippen LogP contribution in [0.1, 0.15) is 92.4 Å². The van der Waals surface area contributed by atoms with Gasteiger partial charge in [-0.1, -0.05) is 32.4 Å². The number of fused-ring (bicyclic) bond motifs is 1. The molecule has 58 heavy (non-hydrogen) atoms. The Hall–Kier alpha value is -4.60. The first-order valence-electron chi connectivity index (χ1n) is 20.4. The lowest BCUT2D eigenvalue weighted by atomic mass is 9.87. The summed E-state index contributed by atoms with van der Waals surface area (Å²) in [5.41, 5.74) is 5.09. The molecule has 3 aliphatic rings. The van der Waals surface area contributed by atoms with Gasteiger partial charge in [0.15, 0.2) is 0 Å². The van der Waals surface area contributed by atoms with Gasteiger partial charge in [-0.05, 0) is 113 Å². The van der Waals surface area contributed by atoms with E-state index in [1.807, 2.05) is 56.3 Å². The predicted molar refractivity (Wildman–Crippen MR) is 222 cm³/mol. The smallest absolute Gasteiger partial charge is 0.408 e. The number of carbonyl (C=O) groups is 4. The van der Waals surface area contributed by atoms with Crippen molar-refractivity contribution in [1.29, 1.82) is 0 Å². The monoisotopic (exact) mass is 826 g/mol. The number of amides is 4. The number of benzene rings is 1. The number of aromatic nitrogens is 1. The van der Waals surface area contributed by atoms with E-state index in [1.165, 1.54) is 4.90 Å². The van der Waals surface area contributed by atoms with Crippen LogP contribution in [-0.2, 0) is 29.1 Å². The van der Waals surface area contributed by atoms with Crippen molar-refractivity contribution < 1.29 is 41.8 Å². The molecule has 2 heterocycles. The van der Waals surface area contributed by atoms with Crippen LogP contribution in [0.3, 0.4) is 0 Å². The molecule has 1 aromatic carbocycles. The Labute approximate surface area is 342 Å². The number of carbonyl (C=O) groups excluding carboxylic acids is 4. The molecule has 16 heteroatoms. The molecule has 1 aliphatic heterocycles. The van der Waals surface area contributed by atoms with Gasteiger partial charge in [0, 0.05) is 31.8 Å². The molecule has 320 valence electrons. The topological polar surface area (TPSA) is 200 Å². The van der Waals surface area contributed by atoms with E-state index in [-0.39, 0.29) is 36.6 Å². The van der Waals surface area contributed by atoms with Crippen LogP contribution >= 0.6 is 0 Å². The molecule has 0 spiro atoms. The predicted octanol–water partition coefficient (Wildman–Crippen LogP) is 5.06. The summed E-state index contributed by atoms with van der Waals surface area (Å²) in [7, 11) is 1.75. The Morgan fingerprint density at radius 3 is 2.45 bits per heavy atom. The number of sulfonamides is 1. The molecule has 0 radical (unpaired) electrons. The summed E-state index contributed by atoms with van der Waals surface area (Å²) in [6.07, 6.45) is 8.46. The number of anilines is 1. The standard InChI is InChI=1S/C42H62N6O9S/c1-25(12-9-10-13-27-14-11-15-32(27)38(50)46-58(53,54)31-17-18-31)20-26(2)36(45-41(52)57-42(3,4)5)40(51)48-24-30(23-34(48)37(43)49)56-39-33-19-16-29(55-8)21-28(33)22-35(44-39)47(6)7/h10,13,16,19,21-22,25-27,30-32,34,36H,9,11-12,14-15,17-18,20,23-24H2,1-8H3,(H2,43,49)(H,45,52)(H,46,50)/b13-10-/t25-,26+,27+,30+,32?,34-,36-/m0/s1. The molecule has 15 nitrogen and oxygen atoms in total. The van der Waals surface area contributed by atoms with Crippen molar-refractivity contribution in [3.8, 4) is 11.6 Å². The molecule has 2 saturated carbocycles. The van der Waals surface area contributed by atoms with Crippen LogP contribution in [0, 0.1) is 23.7 Å². The molecule has 4 N–H and O–H groups in total. The first kappa shape index (κ1) is 44.5. The Balaban J connectivity index is 1.26. The van der Waals surface area contributed by atoms with Crippen molar-refractivity contribution >= 4 is 50.4 Å². The van der Waals surface area contributed by atoms with Gasteiger partial charge in [-0.3, -0.25) is 19.1 Å². The molecule has 1 aromatic heterocycles. The van der Waals surface area contributed by atoms with Gasteiger partial charge in [-0.2, -0.15) is 4.98 Å². The van der Waals surface area contributed by atoms with Crippen molar-refractivity contribution in [3.05, 3.63) is 36.4 Å². The molecule has 2 aromatic rings. The number of nitrogens with one attached hydrogen (secondary N) is 2. The second kappa shape index (κ2) is 18.5. The maximum Gasteiger partial charge on any atom is 0.408 e. The highest BCUT2D eigenvalue weighted by Crippen LogP contribution is 2.36. The lowest BCUT2D eigenvalue weighted by Crippen LogP contribution is -2.56. The zero-order chi connectivity index (χ0) is 42.5. The highest BCUT2D eigenvalue weighted by Gasteiger charge is 2.44. The number of hydrogen-bond donors (Lipinski definition) is 3. The largest absolute Gasteiger partial charge is 0.497 e. The number of methoxy groups -OCH3 is 1. The molecule has 0 bridgehead atoms. The Morgan fingerprint density at radius 2 is 1.81 bits per heavy atom. The fraction of sp³-hybridized carbons (Fsp3) is 0.643. The Morgan fingerprint density at radius 1 is 1.09 bits per heavy atom. The summed E-state index contributed by atoms with van der Waals surface area (Å²) in [6, 6.07) is 5.47. The van der Waals surface area contributed by atoms with Crippen LogP contribution in [0.15, 0.2) is 36.4 Å². The third-order valence-corrected chi connectivity index (χ3v) is 13.0. The van der Waals surface area contributed by atoms with E-state index >= 15 is 0 Å². The number of likely N-dealkylation sites (tertiary alicyclic amines) is 1. The van der Waals surface area contributed by atoms with E-state index in [4.69, 9.17) is 24.9 Å². The molecule has 5 rings (SSSR count). The Kier molecular flexibility index (Phi) is 14.2. The van der Waals surface area contributed by atoms with Crippen molar-refractivity contribution in [3.63, 3.8) is 0 Å². The van der Waals surface area contributed by atoms with Crippen molar-refractivity contribution in [2.75, 3.05) is 32.6 Å². The van der Waals surface area contributed by atoms with Crippen LogP contribution in [-0.4, -0.2) is 98.9 Å². The summed E-state index contributed by atoms with van der Waals surface area (Å²) in [6.45, 7) is 9.24. The number of hydrogen-bond acceptors (Lipinski definition) is 11. The summed E-state index contributed by atoms with van der Waals surface area (Å²) in [4.78, 5) is 61.4. The second-order valence-electron chi connectivity index (χ2n) is 17.5. The van der Waals surface area contributed by atoms with E-state index in [2.05, 4.69) is 23.0 Å². The maximum atomic E-state index is 14.5. The average molecular weight is 827 g/mol. The molecule has 4 amide bonds. The van der Waals surface area contributed by atoms with Gasteiger partial charge in [0.1, 0.15) is 35.4 Å². The van der Waals surface area contributed by atoms with Crippen LogP contribution in [0.25, 0.3) is 10.8 Å². The van der Waals surface area contributed by atoms with E-state index in [9.17, 15) is 27.6 Å². The fourth-order valence-corrected chi connectivity index (χ4v) is 9.37. The van der Waals surface area contributed by atoms with Gasteiger partial charge in [-0.15, -0.1) is 0 Å². The van der Waals surface area contributed by atoms with Crippen LogP contribution < -0.4 is 30.1 Å². The third-order valence-electron chi connectivity index (χ3n) is 11.2. The highest BCUT2D eigenvalue weighted by molar-refractivity contribution is 7.90. The van der Waals surface area contributed by atoms with Crippen LogP contribution in [0.2, 0.25) is 0 Å². The number of allylic oxidation sites excluding steroid dienone is 2. The molecule has 7 atom stereocenters. The maximum absolute atomic E-state index is 14.5. The highest BCUT2D eigenvalue weighted by atomic mass is 32.2.